The van der Waals surface area contributed by atoms with E-state index in [4.69, 9.17) is 18.7 Å². The summed E-state index contributed by atoms with van der Waals surface area (Å²) in [6, 6.07) is -1.42. The number of aliphatic hydroxyl groups excluding tert-OH is 2. The van der Waals surface area contributed by atoms with Crippen LogP contribution in [0.3, 0.4) is 0 Å². The van der Waals surface area contributed by atoms with Gasteiger partial charge in [-0.15, -0.1) is 0 Å². The molecule has 0 aliphatic carbocycles. The van der Waals surface area contributed by atoms with Crippen LogP contribution in [0.5, 0.6) is 0 Å². The van der Waals surface area contributed by atoms with E-state index in [1.165, 1.54) is 109 Å². The summed E-state index contributed by atoms with van der Waals surface area (Å²) in [5.41, 5.74) is 0. The van der Waals surface area contributed by atoms with Crippen LogP contribution in [0.25, 0.3) is 0 Å². The average molecular weight is 906 g/mol. The van der Waals surface area contributed by atoms with Gasteiger partial charge in [-0.1, -0.05) is 207 Å². The highest BCUT2D eigenvalue weighted by Gasteiger charge is 2.53. The Morgan fingerprint density at radius 3 is 1.39 bits per heavy atom. The second-order valence-electron chi connectivity index (χ2n) is 17.9. The van der Waals surface area contributed by atoms with Crippen molar-refractivity contribution in [2.24, 2.45) is 0 Å². The molecule has 0 aromatic rings. The molecule has 0 aromatic carbocycles. The molecule has 0 spiro atoms. The zero-order valence-corrected chi connectivity index (χ0v) is 40.3. The first-order chi connectivity index (χ1) is 29.9. The van der Waals surface area contributed by atoms with E-state index in [0.29, 0.717) is 19.3 Å². The molecular weight excluding hydrogens is 813 g/mol. The Labute approximate surface area is 376 Å². The number of ether oxygens (including phenoxy) is 3. The van der Waals surface area contributed by atoms with E-state index < -0.39 is 69.0 Å². The maximum absolute atomic E-state index is 13.5. The number of phosphoric acid groups is 1. The summed E-state index contributed by atoms with van der Waals surface area (Å²) in [4.78, 5) is 59.8. The molecule has 6 atom stereocenters. The Balaban J connectivity index is 2.97. The van der Waals surface area contributed by atoms with E-state index in [0.717, 1.165) is 77.0 Å². The third-order valence-corrected chi connectivity index (χ3v) is 12.5. The van der Waals surface area contributed by atoms with E-state index in [2.05, 4.69) is 26.1 Å². The first-order valence-electron chi connectivity index (χ1n) is 25.3. The van der Waals surface area contributed by atoms with Crippen LogP contribution in [0, 0.1) is 0 Å². The number of carbonyl (C=O) groups is 3. The van der Waals surface area contributed by atoms with Gasteiger partial charge in [-0.2, -0.15) is 0 Å². The minimum atomic E-state index is -5.24. The molecule has 1 heterocycles. The molecule has 366 valence electrons. The normalized spacial score (nSPS) is 19.6. The number of esters is 2. The number of phosphoric ester groups is 1. The van der Waals surface area contributed by atoms with Gasteiger partial charge < -0.3 is 39.5 Å². The zero-order valence-electron chi connectivity index (χ0n) is 39.4. The Kier molecular flexibility index (Phi) is 36.4. The fourth-order valence-electron chi connectivity index (χ4n) is 8.24. The molecule has 0 unspecified atom stereocenters. The SMILES string of the molecule is CCCCCCCCCCCCCC(=O)N[C@H]1[C@@H](OC(=O)C[C@H](O)CCCCCCCCCCC)O[C@H](CO)[C@@H](OP(=O)(O)O)[C@@H]1OC(=O)CCCCCCCCCCCCC. The van der Waals surface area contributed by atoms with Crippen LogP contribution in [-0.4, -0.2) is 81.2 Å². The van der Waals surface area contributed by atoms with Gasteiger partial charge in [0.2, 0.25) is 12.2 Å². The number of hydrogen-bond donors (Lipinski definition) is 5. The first kappa shape index (κ1) is 58.4. The number of hydrogen-bond acceptors (Lipinski definition) is 10. The van der Waals surface area contributed by atoms with Crippen molar-refractivity contribution in [2.45, 2.75) is 282 Å². The van der Waals surface area contributed by atoms with Gasteiger partial charge in [0.25, 0.3) is 0 Å². The number of carbonyl (C=O) groups excluding carboxylic acids is 3. The zero-order chi connectivity index (χ0) is 45.7. The van der Waals surface area contributed by atoms with Crippen LogP contribution < -0.4 is 5.32 Å². The van der Waals surface area contributed by atoms with Crippen molar-refractivity contribution < 1.29 is 57.7 Å². The third kappa shape index (κ3) is 31.3. The van der Waals surface area contributed by atoms with Crippen LogP contribution in [0.15, 0.2) is 0 Å². The van der Waals surface area contributed by atoms with Crippen molar-refractivity contribution in [3.8, 4) is 0 Å². The van der Waals surface area contributed by atoms with Crippen molar-refractivity contribution >= 4 is 25.7 Å². The lowest BCUT2D eigenvalue weighted by Gasteiger charge is -2.44. The van der Waals surface area contributed by atoms with Crippen molar-refractivity contribution in [2.75, 3.05) is 6.61 Å². The highest BCUT2D eigenvalue weighted by molar-refractivity contribution is 7.46. The molecule has 0 bridgehead atoms. The van der Waals surface area contributed by atoms with Crippen LogP contribution in [0.4, 0.5) is 0 Å². The highest BCUT2D eigenvalue weighted by Crippen LogP contribution is 2.42. The lowest BCUT2D eigenvalue weighted by molar-refractivity contribution is -0.265. The Hall–Kier alpha value is -1.60. The Morgan fingerprint density at radius 2 is 0.968 bits per heavy atom. The minimum absolute atomic E-state index is 0.00963. The summed E-state index contributed by atoms with van der Waals surface area (Å²) in [6.07, 6.45) is 26.9. The molecule has 1 rings (SSSR count). The van der Waals surface area contributed by atoms with Crippen LogP contribution >= 0.6 is 7.82 Å². The van der Waals surface area contributed by atoms with Crippen molar-refractivity contribution in [3.63, 3.8) is 0 Å². The third-order valence-electron chi connectivity index (χ3n) is 12.0. The van der Waals surface area contributed by atoms with E-state index in [9.17, 15) is 38.9 Å². The quantitative estimate of drug-likeness (QED) is 0.0221. The van der Waals surface area contributed by atoms with Gasteiger partial charge in [0.15, 0.2) is 6.10 Å². The predicted octanol–water partition coefficient (Wildman–Crippen LogP) is 11.2. The average Bonchev–Trinajstić information content (AvgIpc) is 3.22. The van der Waals surface area contributed by atoms with Crippen LogP contribution in [0.1, 0.15) is 245 Å². The molecule has 0 aromatic heterocycles. The van der Waals surface area contributed by atoms with Crippen LogP contribution in [0.2, 0.25) is 0 Å². The van der Waals surface area contributed by atoms with Crippen molar-refractivity contribution in [1.82, 2.24) is 5.32 Å². The second-order valence-corrected chi connectivity index (χ2v) is 19.1. The fourth-order valence-corrected chi connectivity index (χ4v) is 8.82. The second kappa shape index (κ2) is 38.6. The number of amides is 1. The molecule has 1 aliphatic rings. The number of nitrogens with one attached hydrogen (secondary N) is 1. The fraction of sp³-hybridized carbons (Fsp3) is 0.938. The summed E-state index contributed by atoms with van der Waals surface area (Å²) >= 11 is 0. The van der Waals surface area contributed by atoms with Gasteiger partial charge in [0, 0.05) is 12.8 Å². The predicted molar refractivity (Wildman–Crippen MR) is 245 cm³/mol. The summed E-state index contributed by atoms with van der Waals surface area (Å²) in [5, 5.41) is 23.8. The van der Waals surface area contributed by atoms with E-state index in [1.807, 2.05) is 0 Å². The number of aliphatic hydroxyl groups is 2. The maximum Gasteiger partial charge on any atom is 0.470 e. The van der Waals surface area contributed by atoms with Crippen LogP contribution in [-0.2, 0) is 37.7 Å². The number of unbranched alkanes of at least 4 members (excludes halogenated alkanes) is 28. The van der Waals surface area contributed by atoms with E-state index >= 15 is 0 Å². The maximum atomic E-state index is 13.5. The number of rotatable bonds is 42. The lowest BCUT2D eigenvalue weighted by Crippen LogP contribution is -2.66. The monoisotopic (exact) mass is 906 g/mol. The lowest BCUT2D eigenvalue weighted by atomic mass is 9.96. The van der Waals surface area contributed by atoms with Gasteiger partial charge in [-0.25, -0.2) is 4.57 Å². The standard InChI is InChI=1S/C48H92NO12P/c1-4-7-10-13-16-19-21-24-27-30-33-36-42(52)49-45-47(59-43(53)37-34-31-28-25-22-20-17-14-11-8-5-2)46(61-62(55,56)57)41(39-50)58-48(45)60-44(54)38-40(51)35-32-29-26-23-18-15-12-9-6-3/h40-41,45-48,50-51H,4-39H2,1-3H3,(H,49,52)(H2,55,56,57)/t40-,41-,45-,46-,47-,48-/m1/s1. The molecule has 13 nitrogen and oxygen atoms in total. The summed E-state index contributed by atoms with van der Waals surface area (Å²) < 4.78 is 34.7. The topological polar surface area (TPSA) is 198 Å². The molecule has 1 fully saturated rings. The van der Waals surface area contributed by atoms with E-state index in [-0.39, 0.29) is 19.3 Å². The van der Waals surface area contributed by atoms with E-state index in [1.54, 1.807) is 0 Å². The smallest absolute Gasteiger partial charge is 0.457 e. The molecule has 62 heavy (non-hydrogen) atoms. The highest BCUT2D eigenvalue weighted by atomic mass is 31.2. The molecule has 5 N–H and O–H groups in total. The van der Waals surface area contributed by atoms with Crippen molar-refractivity contribution in [1.29, 1.82) is 0 Å². The molecule has 0 radical (unpaired) electrons. The van der Waals surface area contributed by atoms with Gasteiger partial charge in [0.1, 0.15) is 18.2 Å². The van der Waals surface area contributed by atoms with Gasteiger partial charge >= 0.3 is 19.8 Å². The molecule has 0 saturated carbocycles. The minimum Gasteiger partial charge on any atom is -0.457 e. The largest absolute Gasteiger partial charge is 0.470 e. The molecule has 1 amide bonds. The van der Waals surface area contributed by atoms with Gasteiger partial charge in [0.05, 0.1) is 19.1 Å². The van der Waals surface area contributed by atoms with Gasteiger partial charge in [-0.3, -0.25) is 18.9 Å². The molecule has 14 heteroatoms. The van der Waals surface area contributed by atoms with Crippen molar-refractivity contribution in [3.05, 3.63) is 0 Å². The first-order valence-corrected chi connectivity index (χ1v) is 26.8. The summed E-state index contributed by atoms with van der Waals surface area (Å²) in [6.45, 7) is 5.79. The van der Waals surface area contributed by atoms with Gasteiger partial charge in [-0.05, 0) is 19.3 Å². The molecule has 1 saturated heterocycles. The molecular formula is C48H92NO12P. The summed E-state index contributed by atoms with van der Waals surface area (Å²) in [7, 11) is -5.24. The summed E-state index contributed by atoms with van der Waals surface area (Å²) in [5.74, 6) is -1.97. The Morgan fingerprint density at radius 1 is 0.565 bits per heavy atom. The Bertz CT molecular complexity index is 1160. The molecule has 1 aliphatic heterocycles.